The Bertz CT molecular complexity index is 964. The summed E-state index contributed by atoms with van der Waals surface area (Å²) in [6, 6.07) is 16.4. The van der Waals surface area contributed by atoms with E-state index < -0.39 is 5.41 Å². The number of carbonyl (C=O) groups is 1. The van der Waals surface area contributed by atoms with E-state index in [1.54, 1.807) is 13.2 Å². The molecule has 0 fully saturated rings. The first-order valence-electron chi connectivity index (χ1n) is 11.8. The van der Waals surface area contributed by atoms with Crippen molar-refractivity contribution in [2.75, 3.05) is 34.4 Å². The number of carbonyl (C=O) groups excluding carboxylic acids is 1. The molecule has 0 saturated heterocycles. The molecular formula is C28H38N2O3. The van der Waals surface area contributed by atoms with Crippen LogP contribution in [0.15, 0.2) is 42.5 Å². The van der Waals surface area contributed by atoms with Crippen LogP contribution in [-0.2, 0) is 23.0 Å². The molecule has 0 amide bonds. The van der Waals surface area contributed by atoms with Crippen molar-refractivity contribution >= 4 is 5.97 Å². The fourth-order valence-corrected chi connectivity index (χ4v) is 4.35. The lowest BCUT2D eigenvalue weighted by atomic mass is 9.69. The van der Waals surface area contributed by atoms with E-state index in [1.165, 1.54) is 18.2 Å². The van der Waals surface area contributed by atoms with Crippen LogP contribution in [0.3, 0.4) is 0 Å². The molecule has 0 aliphatic heterocycles. The maximum atomic E-state index is 12.0. The van der Waals surface area contributed by atoms with Crippen molar-refractivity contribution in [1.82, 2.24) is 4.90 Å². The van der Waals surface area contributed by atoms with E-state index in [1.807, 2.05) is 18.2 Å². The number of nitriles is 1. The average molecular weight is 451 g/mol. The van der Waals surface area contributed by atoms with E-state index in [0.717, 1.165) is 50.1 Å². The molecule has 1 atom stereocenters. The molecule has 2 aromatic rings. The summed E-state index contributed by atoms with van der Waals surface area (Å²) < 4.78 is 10.4. The highest BCUT2D eigenvalue weighted by atomic mass is 16.5. The maximum Gasteiger partial charge on any atom is 0.337 e. The smallest absolute Gasteiger partial charge is 0.337 e. The number of ether oxygens (including phenoxy) is 2. The lowest BCUT2D eigenvalue weighted by Gasteiger charge is -2.32. The number of hydrogen-bond donors (Lipinski definition) is 0. The Morgan fingerprint density at radius 1 is 1.15 bits per heavy atom. The summed E-state index contributed by atoms with van der Waals surface area (Å²) in [5.41, 5.74) is 3.22. The van der Waals surface area contributed by atoms with Gasteiger partial charge >= 0.3 is 5.97 Å². The van der Waals surface area contributed by atoms with Crippen molar-refractivity contribution in [2.24, 2.45) is 5.92 Å². The van der Waals surface area contributed by atoms with Crippen LogP contribution in [0.5, 0.6) is 5.75 Å². The van der Waals surface area contributed by atoms with Crippen molar-refractivity contribution in [1.29, 1.82) is 5.26 Å². The van der Waals surface area contributed by atoms with E-state index in [-0.39, 0.29) is 11.9 Å². The van der Waals surface area contributed by atoms with Crippen molar-refractivity contribution in [2.45, 2.75) is 51.9 Å². The quantitative estimate of drug-likeness (QED) is 0.404. The topological polar surface area (TPSA) is 62.6 Å². The number of esters is 1. The molecular weight excluding hydrogens is 412 g/mol. The van der Waals surface area contributed by atoms with E-state index in [4.69, 9.17) is 9.47 Å². The van der Waals surface area contributed by atoms with E-state index in [9.17, 15) is 10.1 Å². The van der Waals surface area contributed by atoms with Gasteiger partial charge in [-0.2, -0.15) is 5.26 Å². The Morgan fingerprint density at radius 3 is 2.52 bits per heavy atom. The van der Waals surface area contributed by atoms with Gasteiger partial charge in [-0.3, -0.25) is 0 Å². The zero-order valence-electron chi connectivity index (χ0n) is 21.0. The number of rotatable bonds is 12. The molecule has 0 aromatic heterocycles. The van der Waals surface area contributed by atoms with Gasteiger partial charge < -0.3 is 14.4 Å². The summed E-state index contributed by atoms with van der Waals surface area (Å²) >= 11 is 0. The van der Waals surface area contributed by atoms with E-state index in [0.29, 0.717) is 5.56 Å². The standard InChI is InChI=1S/C28H38N2O3/c1-7-23-13-12-22(18-26(23)32-5)14-17-30(4)16-9-15-28(20-29,21(2)3)25-11-8-10-24(19-25)27(31)33-6/h8,10-13,18-19,21H,7,9,14-17H2,1-6H3. The first-order chi connectivity index (χ1) is 15.8. The Labute approximate surface area is 199 Å². The molecule has 5 heteroatoms. The maximum absolute atomic E-state index is 12.0. The summed E-state index contributed by atoms with van der Waals surface area (Å²) in [5.74, 6) is 0.698. The highest BCUT2D eigenvalue weighted by Crippen LogP contribution is 2.37. The summed E-state index contributed by atoms with van der Waals surface area (Å²) in [5, 5.41) is 10.2. The van der Waals surface area contributed by atoms with Crippen LogP contribution in [0.25, 0.3) is 0 Å². The third kappa shape index (κ3) is 6.58. The molecule has 0 spiro atoms. The van der Waals surface area contributed by atoms with Crippen LogP contribution in [0, 0.1) is 17.2 Å². The molecule has 0 N–H and O–H groups in total. The van der Waals surface area contributed by atoms with E-state index in [2.05, 4.69) is 57.0 Å². The average Bonchev–Trinajstić information content (AvgIpc) is 2.84. The third-order valence-electron chi connectivity index (χ3n) is 6.61. The molecule has 2 aromatic carbocycles. The number of methoxy groups -OCH3 is 2. The Morgan fingerprint density at radius 2 is 1.91 bits per heavy atom. The Balaban J connectivity index is 2.02. The minimum absolute atomic E-state index is 0.116. The Hall–Kier alpha value is -2.84. The van der Waals surface area contributed by atoms with Crippen molar-refractivity contribution in [3.8, 4) is 11.8 Å². The van der Waals surface area contributed by atoms with Gasteiger partial charge in [0, 0.05) is 6.54 Å². The largest absolute Gasteiger partial charge is 0.496 e. The number of nitrogens with zero attached hydrogens (tertiary/aromatic N) is 2. The van der Waals surface area contributed by atoms with Gasteiger partial charge in [0.25, 0.3) is 0 Å². The van der Waals surface area contributed by atoms with Crippen molar-refractivity contribution in [3.05, 3.63) is 64.7 Å². The molecule has 5 nitrogen and oxygen atoms in total. The summed E-state index contributed by atoms with van der Waals surface area (Å²) in [7, 11) is 5.22. The van der Waals surface area contributed by atoms with Crippen LogP contribution in [0.1, 0.15) is 60.7 Å². The number of likely N-dealkylation sites (N-methyl/N-ethyl adjacent to an activating group) is 1. The molecule has 0 radical (unpaired) electrons. The minimum Gasteiger partial charge on any atom is -0.496 e. The number of aryl methyl sites for hydroxylation is 1. The third-order valence-corrected chi connectivity index (χ3v) is 6.61. The predicted octanol–water partition coefficient (Wildman–Crippen LogP) is 5.42. The van der Waals surface area contributed by atoms with Crippen LogP contribution < -0.4 is 4.74 Å². The van der Waals surface area contributed by atoms with Gasteiger partial charge in [-0.25, -0.2) is 4.79 Å². The first kappa shape index (κ1) is 26.4. The lowest BCUT2D eigenvalue weighted by molar-refractivity contribution is 0.0600. The highest BCUT2D eigenvalue weighted by molar-refractivity contribution is 5.89. The molecule has 0 aliphatic carbocycles. The molecule has 1 unspecified atom stereocenters. The van der Waals surface area contributed by atoms with Gasteiger partial charge in [-0.1, -0.05) is 45.0 Å². The van der Waals surface area contributed by atoms with Crippen LogP contribution >= 0.6 is 0 Å². The van der Waals surface area contributed by atoms with Gasteiger partial charge in [0.15, 0.2) is 0 Å². The Kier molecular flexibility index (Phi) is 9.94. The zero-order valence-corrected chi connectivity index (χ0v) is 21.0. The van der Waals surface area contributed by atoms with Crippen molar-refractivity contribution in [3.63, 3.8) is 0 Å². The molecule has 0 bridgehead atoms. The van der Waals surface area contributed by atoms with Gasteiger partial charge in [0.1, 0.15) is 5.75 Å². The second-order valence-electron chi connectivity index (χ2n) is 8.97. The predicted molar refractivity (Wildman–Crippen MR) is 133 cm³/mol. The van der Waals surface area contributed by atoms with E-state index >= 15 is 0 Å². The minimum atomic E-state index is -0.645. The fraction of sp³-hybridized carbons (Fsp3) is 0.500. The second kappa shape index (κ2) is 12.4. The SMILES string of the molecule is CCc1ccc(CCN(C)CCCC(C#N)(c2cccc(C(=O)OC)c2)C(C)C)cc1OC. The second-order valence-corrected chi connectivity index (χ2v) is 8.97. The number of hydrogen-bond acceptors (Lipinski definition) is 5. The highest BCUT2D eigenvalue weighted by Gasteiger charge is 2.36. The summed E-state index contributed by atoms with van der Waals surface area (Å²) in [4.78, 5) is 14.3. The van der Waals surface area contributed by atoms with Gasteiger partial charge in [0.2, 0.25) is 0 Å². The van der Waals surface area contributed by atoms with Gasteiger partial charge in [-0.15, -0.1) is 0 Å². The van der Waals surface area contributed by atoms with Gasteiger partial charge in [-0.05, 0) is 80.1 Å². The summed E-state index contributed by atoms with van der Waals surface area (Å²) in [6.07, 6.45) is 3.53. The molecule has 0 heterocycles. The monoisotopic (exact) mass is 450 g/mol. The molecule has 0 saturated carbocycles. The van der Waals surface area contributed by atoms with Crippen molar-refractivity contribution < 1.29 is 14.3 Å². The lowest BCUT2D eigenvalue weighted by Crippen LogP contribution is -2.33. The first-order valence-corrected chi connectivity index (χ1v) is 11.8. The molecule has 178 valence electrons. The number of benzene rings is 2. The fourth-order valence-electron chi connectivity index (χ4n) is 4.35. The summed E-state index contributed by atoms with van der Waals surface area (Å²) in [6.45, 7) is 8.12. The van der Waals surface area contributed by atoms with Crippen LogP contribution in [0.4, 0.5) is 0 Å². The van der Waals surface area contributed by atoms with Crippen LogP contribution in [-0.4, -0.2) is 45.2 Å². The molecule has 2 rings (SSSR count). The zero-order chi connectivity index (χ0) is 24.4. The molecule has 0 aliphatic rings. The van der Waals surface area contributed by atoms with Gasteiger partial charge in [0.05, 0.1) is 31.3 Å². The molecule has 33 heavy (non-hydrogen) atoms. The van der Waals surface area contributed by atoms with Crippen LogP contribution in [0.2, 0.25) is 0 Å². The normalized spacial score (nSPS) is 12.9.